The predicted molar refractivity (Wildman–Crippen MR) is 130 cm³/mol. The Morgan fingerprint density at radius 1 is 1.07 bits per heavy atom. The van der Waals surface area contributed by atoms with Gasteiger partial charge in [0, 0.05) is 28.4 Å². The van der Waals surface area contributed by atoms with Crippen molar-refractivity contribution in [1.29, 1.82) is 0 Å². The van der Waals surface area contributed by atoms with Crippen LogP contribution in [-0.2, 0) is 0 Å². The molecule has 3 rings (SSSR count). The van der Waals surface area contributed by atoms with E-state index in [1.165, 1.54) is 5.56 Å². The molecule has 2 N–H and O–H groups in total. The van der Waals surface area contributed by atoms with E-state index in [9.17, 15) is 5.11 Å². The van der Waals surface area contributed by atoms with Gasteiger partial charge in [-0.05, 0) is 42.5 Å². The average molecular weight is 438 g/mol. The standard InChI is InChI=1S/C25H25ClN2OS/c1-4-17(2)19-11-13-20(14-12-19)24(29)23(28-15-6-5-7-16-28)25(30)27-22-10-8-9-21(26)18(22)3/h5-17H,4H2,1-3H3,(H-,27,29,30)/p+1. The summed E-state index contributed by atoms with van der Waals surface area (Å²) in [4.78, 5) is 0.403. The number of anilines is 1. The molecule has 1 aromatic heterocycles. The van der Waals surface area contributed by atoms with Gasteiger partial charge >= 0.3 is 0 Å². The summed E-state index contributed by atoms with van der Waals surface area (Å²) >= 11 is 12.0. The number of benzene rings is 2. The van der Waals surface area contributed by atoms with Crippen LogP contribution in [0.5, 0.6) is 0 Å². The van der Waals surface area contributed by atoms with Crippen molar-refractivity contribution in [2.45, 2.75) is 33.1 Å². The smallest absolute Gasteiger partial charge is 0.288 e. The number of hydrogen-bond donors (Lipinski definition) is 2. The van der Waals surface area contributed by atoms with E-state index in [1.807, 2.05) is 72.4 Å². The summed E-state index contributed by atoms with van der Waals surface area (Å²) in [7, 11) is 0. The van der Waals surface area contributed by atoms with Crippen molar-refractivity contribution in [3.8, 4) is 0 Å². The van der Waals surface area contributed by atoms with Gasteiger partial charge in [0.15, 0.2) is 23.1 Å². The molecule has 1 unspecified atom stereocenters. The number of nitrogens with one attached hydrogen (secondary N) is 1. The molecule has 5 heteroatoms. The van der Waals surface area contributed by atoms with E-state index in [4.69, 9.17) is 23.8 Å². The van der Waals surface area contributed by atoms with Gasteiger partial charge in [-0.2, -0.15) is 4.57 Å². The lowest BCUT2D eigenvalue weighted by Crippen LogP contribution is -2.38. The zero-order chi connectivity index (χ0) is 21.7. The van der Waals surface area contributed by atoms with Gasteiger partial charge in [-0.1, -0.05) is 74.1 Å². The molecule has 0 aliphatic heterocycles. The van der Waals surface area contributed by atoms with Gasteiger partial charge in [0.1, 0.15) is 0 Å². The lowest BCUT2D eigenvalue weighted by molar-refractivity contribution is -0.575. The molecule has 0 saturated heterocycles. The third kappa shape index (κ3) is 4.89. The molecule has 3 nitrogen and oxygen atoms in total. The molecule has 0 spiro atoms. The summed E-state index contributed by atoms with van der Waals surface area (Å²) in [6.07, 6.45) is 4.79. The van der Waals surface area contributed by atoms with Gasteiger partial charge in [-0.15, -0.1) is 0 Å². The van der Waals surface area contributed by atoms with Gasteiger partial charge in [-0.3, -0.25) is 0 Å². The van der Waals surface area contributed by atoms with Crippen molar-refractivity contribution < 1.29 is 9.67 Å². The molecule has 2 aromatic carbocycles. The highest BCUT2D eigenvalue weighted by Crippen LogP contribution is 2.26. The summed E-state index contributed by atoms with van der Waals surface area (Å²) in [6, 6.07) is 19.3. The third-order valence-electron chi connectivity index (χ3n) is 5.29. The van der Waals surface area contributed by atoms with E-state index in [1.54, 1.807) is 0 Å². The van der Waals surface area contributed by atoms with Gasteiger partial charge in [0.05, 0.1) is 0 Å². The highest BCUT2D eigenvalue weighted by Gasteiger charge is 2.24. The first kappa shape index (κ1) is 22.0. The monoisotopic (exact) mass is 437 g/mol. The number of rotatable bonds is 6. The maximum absolute atomic E-state index is 11.2. The largest absolute Gasteiger partial charge is 0.502 e. The van der Waals surface area contributed by atoms with Crippen LogP contribution in [-0.4, -0.2) is 10.1 Å². The second-order valence-corrected chi connectivity index (χ2v) is 8.09. The highest BCUT2D eigenvalue weighted by molar-refractivity contribution is 7.81. The van der Waals surface area contributed by atoms with Crippen LogP contribution in [0.1, 0.15) is 42.9 Å². The number of aliphatic hydroxyl groups is 1. The van der Waals surface area contributed by atoms with Crippen LogP contribution in [0.15, 0.2) is 73.1 Å². The maximum Gasteiger partial charge on any atom is 0.288 e. The summed E-state index contributed by atoms with van der Waals surface area (Å²) in [5.74, 6) is 0.584. The van der Waals surface area contributed by atoms with E-state index < -0.39 is 0 Å². The highest BCUT2D eigenvalue weighted by atomic mass is 35.5. The number of pyridine rings is 1. The van der Waals surface area contributed by atoms with E-state index in [-0.39, 0.29) is 5.76 Å². The lowest BCUT2D eigenvalue weighted by Gasteiger charge is -2.13. The molecule has 0 fully saturated rings. The number of aliphatic hydroxyl groups excluding tert-OH is 1. The van der Waals surface area contributed by atoms with Crippen LogP contribution in [0, 0.1) is 6.92 Å². The van der Waals surface area contributed by atoms with Crippen molar-refractivity contribution in [2.24, 2.45) is 0 Å². The van der Waals surface area contributed by atoms with Crippen LogP contribution in [0.4, 0.5) is 5.69 Å². The summed E-state index contributed by atoms with van der Waals surface area (Å²) < 4.78 is 1.81. The van der Waals surface area contributed by atoms with Crippen molar-refractivity contribution >= 4 is 46.0 Å². The van der Waals surface area contributed by atoms with Crippen molar-refractivity contribution in [1.82, 2.24) is 0 Å². The van der Waals surface area contributed by atoms with Crippen molar-refractivity contribution in [3.63, 3.8) is 0 Å². The molecule has 0 radical (unpaired) electrons. The minimum atomic E-state index is 0.110. The summed E-state index contributed by atoms with van der Waals surface area (Å²) in [5, 5.41) is 15.1. The lowest BCUT2D eigenvalue weighted by atomic mass is 9.97. The normalized spacial score (nSPS) is 12.8. The Morgan fingerprint density at radius 3 is 2.37 bits per heavy atom. The molecule has 154 valence electrons. The minimum absolute atomic E-state index is 0.110. The molecule has 0 aliphatic rings. The van der Waals surface area contributed by atoms with Crippen LogP contribution in [0.3, 0.4) is 0 Å². The number of thiocarbonyl (C=S) groups is 1. The molecule has 30 heavy (non-hydrogen) atoms. The number of halogens is 1. The van der Waals surface area contributed by atoms with Crippen LogP contribution < -0.4 is 9.88 Å². The number of aromatic nitrogens is 1. The SMILES string of the molecule is CCC(C)c1ccc(/C(O)=C(/C(=S)Nc2cccc(Cl)c2C)[n+]2ccccc2)cc1. The predicted octanol–water partition coefficient (Wildman–Crippen LogP) is 6.77. The fraction of sp³-hybridized carbons (Fsp3) is 0.200. The van der Waals surface area contributed by atoms with Crippen molar-refractivity contribution in [3.05, 3.63) is 94.8 Å². The molecular formula is C25H26ClN2OS+. The van der Waals surface area contributed by atoms with Gasteiger partial charge < -0.3 is 10.4 Å². The maximum atomic E-state index is 11.2. The number of hydrogen-bond acceptors (Lipinski definition) is 2. The first-order valence-corrected chi connectivity index (χ1v) is 10.8. The molecule has 1 atom stereocenters. The van der Waals surface area contributed by atoms with Crippen LogP contribution in [0.2, 0.25) is 5.02 Å². The average Bonchev–Trinajstić information content (AvgIpc) is 2.77. The summed E-state index contributed by atoms with van der Waals surface area (Å²) in [6.45, 7) is 6.30. The second kappa shape index (κ2) is 9.88. The Labute approximate surface area is 188 Å². The Balaban J connectivity index is 2.04. The third-order valence-corrected chi connectivity index (χ3v) is 6.00. The Kier molecular flexibility index (Phi) is 7.24. The Morgan fingerprint density at radius 2 is 1.73 bits per heavy atom. The second-order valence-electron chi connectivity index (χ2n) is 7.28. The Hall–Kier alpha value is -2.69. The van der Waals surface area contributed by atoms with Crippen LogP contribution >= 0.6 is 23.8 Å². The molecule has 3 aromatic rings. The zero-order valence-electron chi connectivity index (χ0n) is 17.4. The molecule has 0 amide bonds. The molecule has 0 aliphatic carbocycles. The quantitative estimate of drug-likeness (QED) is 0.193. The van der Waals surface area contributed by atoms with Gasteiger partial charge in [-0.25, -0.2) is 0 Å². The van der Waals surface area contributed by atoms with E-state index in [0.29, 0.717) is 27.2 Å². The number of nitrogens with zero attached hydrogens (tertiary/aromatic N) is 1. The van der Waals surface area contributed by atoms with E-state index in [2.05, 4.69) is 31.3 Å². The Bertz CT molecular complexity index is 1060. The van der Waals surface area contributed by atoms with Gasteiger partial charge in [0.2, 0.25) is 0 Å². The molecule has 0 bridgehead atoms. The zero-order valence-corrected chi connectivity index (χ0v) is 19.0. The first-order chi connectivity index (χ1) is 14.4. The molecular weight excluding hydrogens is 412 g/mol. The first-order valence-electron chi connectivity index (χ1n) is 9.99. The fourth-order valence-electron chi connectivity index (χ4n) is 3.16. The molecule has 1 heterocycles. The topological polar surface area (TPSA) is 36.1 Å². The fourth-order valence-corrected chi connectivity index (χ4v) is 3.65. The van der Waals surface area contributed by atoms with E-state index >= 15 is 0 Å². The summed E-state index contributed by atoms with van der Waals surface area (Å²) in [5.41, 5.74) is 4.16. The minimum Gasteiger partial charge on any atom is -0.502 e. The molecule has 0 saturated carbocycles. The van der Waals surface area contributed by atoms with Crippen LogP contribution in [0.25, 0.3) is 11.5 Å². The van der Waals surface area contributed by atoms with E-state index in [0.717, 1.165) is 17.7 Å². The van der Waals surface area contributed by atoms with Gasteiger partial charge in [0.25, 0.3) is 5.70 Å². The van der Waals surface area contributed by atoms with Crippen molar-refractivity contribution in [2.75, 3.05) is 5.32 Å².